The van der Waals surface area contributed by atoms with Crippen molar-refractivity contribution in [3.8, 4) is 0 Å². The molecular weight excluding hydrogens is 330 g/mol. The summed E-state index contributed by atoms with van der Waals surface area (Å²) < 4.78 is 4.24. The molecule has 0 N–H and O–H groups in total. The average Bonchev–Trinajstić information content (AvgIpc) is 3.30. The number of amides is 1. The van der Waals surface area contributed by atoms with Crippen molar-refractivity contribution in [1.82, 2.24) is 24.3 Å². The van der Waals surface area contributed by atoms with E-state index in [0.717, 1.165) is 44.8 Å². The first-order valence-electron chi connectivity index (χ1n) is 9.37. The monoisotopic (exact) mass is 357 g/mol. The van der Waals surface area contributed by atoms with Gasteiger partial charge in [0.05, 0.1) is 24.5 Å². The smallest absolute Gasteiger partial charge is 0.246 e. The van der Waals surface area contributed by atoms with Crippen LogP contribution in [0.2, 0.25) is 0 Å². The van der Waals surface area contributed by atoms with E-state index in [-0.39, 0.29) is 11.8 Å². The van der Waals surface area contributed by atoms with E-state index in [1.54, 1.807) is 5.06 Å². The Morgan fingerprint density at radius 1 is 1.38 bits per heavy atom. The van der Waals surface area contributed by atoms with Crippen LogP contribution in [0.5, 0.6) is 0 Å². The molecule has 0 unspecified atom stereocenters. The molecule has 4 heterocycles. The van der Waals surface area contributed by atoms with Crippen LogP contribution >= 0.6 is 0 Å². The zero-order valence-corrected chi connectivity index (χ0v) is 15.6. The lowest BCUT2D eigenvalue weighted by Crippen LogP contribution is -2.33. The summed E-state index contributed by atoms with van der Waals surface area (Å²) in [6.07, 6.45) is 3.58. The molecule has 1 amide bonds. The molecule has 2 aromatic heterocycles. The predicted molar refractivity (Wildman–Crippen MR) is 96.9 cm³/mol. The Kier molecular flexibility index (Phi) is 4.82. The van der Waals surface area contributed by atoms with E-state index in [4.69, 9.17) is 4.84 Å². The van der Waals surface area contributed by atoms with Crippen molar-refractivity contribution >= 4 is 5.91 Å². The summed E-state index contributed by atoms with van der Waals surface area (Å²) >= 11 is 0. The van der Waals surface area contributed by atoms with Crippen molar-refractivity contribution in [1.29, 1.82) is 0 Å². The Labute approximate surface area is 154 Å². The van der Waals surface area contributed by atoms with Crippen LogP contribution in [0.15, 0.2) is 24.4 Å². The first-order valence-corrected chi connectivity index (χ1v) is 9.37. The van der Waals surface area contributed by atoms with Gasteiger partial charge >= 0.3 is 0 Å². The molecule has 26 heavy (non-hydrogen) atoms. The molecule has 140 valence electrons. The second-order valence-corrected chi connectivity index (χ2v) is 7.47. The minimum atomic E-state index is 0.111. The molecule has 0 aliphatic carbocycles. The van der Waals surface area contributed by atoms with Crippen LogP contribution in [0.3, 0.4) is 0 Å². The molecule has 1 fully saturated rings. The zero-order chi connectivity index (χ0) is 18.1. The van der Waals surface area contributed by atoms with Gasteiger partial charge in [-0.25, -0.2) is 5.06 Å². The molecule has 4 rings (SSSR count). The van der Waals surface area contributed by atoms with Gasteiger partial charge in [-0.2, -0.15) is 5.10 Å². The van der Waals surface area contributed by atoms with Crippen molar-refractivity contribution in [2.75, 3.05) is 19.7 Å². The molecule has 0 saturated carbocycles. The van der Waals surface area contributed by atoms with Gasteiger partial charge in [0.15, 0.2) is 0 Å². The maximum absolute atomic E-state index is 12.6. The number of aryl methyl sites for hydroxylation is 2. The van der Waals surface area contributed by atoms with Crippen LogP contribution in [0.4, 0.5) is 0 Å². The van der Waals surface area contributed by atoms with Crippen LogP contribution in [0.1, 0.15) is 29.9 Å². The topological polar surface area (TPSA) is 55.5 Å². The van der Waals surface area contributed by atoms with Crippen molar-refractivity contribution in [2.24, 2.45) is 13.0 Å². The molecule has 0 radical (unpaired) electrons. The van der Waals surface area contributed by atoms with Gasteiger partial charge in [-0.1, -0.05) is 0 Å². The van der Waals surface area contributed by atoms with E-state index in [2.05, 4.69) is 39.0 Å². The highest BCUT2D eigenvalue weighted by Gasteiger charge is 2.27. The molecule has 0 spiro atoms. The number of hydroxylamine groups is 2. The lowest BCUT2D eigenvalue weighted by Gasteiger charge is -2.24. The van der Waals surface area contributed by atoms with Crippen LogP contribution in [0, 0.1) is 12.8 Å². The normalized spacial score (nSPS) is 21.0. The molecule has 1 saturated heterocycles. The van der Waals surface area contributed by atoms with E-state index < -0.39 is 0 Å². The van der Waals surface area contributed by atoms with Gasteiger partial charge in [0.2, 0.25) is 5.91 Å². The lowest BCUT2D eigenvalue weighted by molar-refractivity contribution is -0.170. The molecule has 1 atom stereocenters. The minimum absolute atomic E-state index is 0.111. The number of rotatable bonds is 4. The predicted octanol–water partition coefficient (Wildman–Crippen LogP) is 1.72. The third kappa shape index (κ3) is 3.68. The number of hydrogen-bond donors (Lipinski definition) is 0. The maximum atomic E-state index is 12.6. The zero-order valence-electron chi connectivity index (χ0n) is 15.6. The van der Waals surface area contributed by atoms with Crippen molar-refractivity contribution < 1.29 is 9.63 Å². The molecule has 7 nitrogen and oxygen atoms in total. The third-order valence-corrected chi connectivity index (χ3v) is 5.26. The number of aromatic nitrogens is 3. The van der Waals surface area contributed by atoms with Gasteiger partial charge in [0, 0.05) is 51.5 Å². The van der Waals surface area contributed by atoms with Gasteiger partial charge < -0.3 is 4.57 Å². The lowest BCUT2D eigenvalue weighted by atomic mass is 10.0. The Morgan fingerprint density at radius 2 is 2.27 bits per heavy atom. The Balaban J connectivity index is 1.49. The first kappa shape index (κ1) is 17.3. The third-order valence-electron chi connectivity index (χ3n) is 5.26. The van der Waals surface area contributed by atoms with Crippen LogP contribution < -0.4 is 0 Å². The van der Waals surface area contributed by atoms with E-state index >= 15 is 0 Å². The van der Waals surface area contributed by atoms with Crippen molar-refractivity contribution in [2.45, 2.75) is 39.4 Å². The minimum Gasteiger partial charge on any atom is -0.350 e. The number of fused-ring (bicyclic) bond motifs is 1. The summed E-state index contributed by atoms with van der Waals surface area (Å²) in [6, 6.07) is 6.41. The quantitative estimate of drug-likeness (QED) is 0.836. The van der Waals surface area contributed by atoms with E-state index in [1.165, 1.54) is 11.4 Å². The largest absolute Gasteiger partial charge is 0.350 e. The Hall–Kier alpha value is -2.12. The molecule has 0 bridgehead atoms. The van der Waals surface area contributed by atoms with Gasteiger partial charge in [0.25, 0.3) is 0 Å². The van der Waals surface area contributed by atoms with Crippen molar-refractivity contribution in [3.63, 3.8) is 0 Å². The van der Waals surface area contributed by atoms with Gasteiger partial charge in [-0.05, 0) is 37.5 Å². The first-order chi connectivity index (χ1) is 12.6. The summed E-state index contributed by atoms with van der Waals surface area (Å²) in [6.45, 7) is 6.90. The summed E-state index contributed by atoms with van der Waals surface area (Å²) in [7, 11) is 1.99. The van der Waals surface area contributed by atoms with E-state index in [0.29, 0.717) is 13.0 Å². The average molecular weight is 357 g/mol. The van der Waals surface area contributed by atoms with Crippen LogP contribution in [0.25, 0.3) is 0 Å². The fourth-order valence-electron chi connectivity index (χ4n) is 4.05. The second-order valence-electron chi connectivity index (χ2n) is 7.47. The molecule has 7 heteroatoms. The highest BCUT2D eigenvalue weighted by atomic mass is 16.7. The van der Waals surface area contributed by atoms with Crippen LogP contribution in [-0.4, -0.2) is 49.9 Å². The number of carbonyl (C=O) groups is 1. The van der Waals surface area contributed by atoms with Gasteiger partial charge in [0.1, 0.15) is 0 Å². The maximum Gasteiger partial charge on any atom is 0.246 e. The molecule has 2 aromatic rings. The summed E-state index contributed by atoms with van der Waals surface area (Å²) in [5, 5.41) is 6.01. The summed E-state index contributed by atoms with van der Waals surface area (Å²) in [5.41, 5.74) is 3.55. The Bertz CT molecular complexity index is 775. The van der Waals surface area contributed by atoms with Gasteiger partial charge in [-0.3, -0.25) is 19.2 Å². The molecule has 2 aliphatic heterocycles. The SMILES string of the molecule is Cc1cc(CN2Cc3cccn3C[C@H](CC(=O)N3CCCO3)C2)n(C)n1. The van der Waals surface area contributed by atoms with Crippen molar-refractivity contribution in [3.05, 3.63) is 41.5 Å². The number of nitrogens with zero attached hydrogens (tertiary/aromatic N) is 5. The van der Waals surface area contributed by atoms with Crippen LogP contribution in [-0.2, 0) is 36.3 Å². The van der Waals surface area contributed by atoms with E-state index in [9.17, 15) is 4.79 Å². The van der Waals surface area contributed by atoms with E-state index in [1.807, 2.05) is 18.7 Å². The fourth-order valence-corrected chi connectivity index (χ4v) is 4.05. The number of hydrogen-bond acceptors (Lipinski definition) is 4. The second kappa shape index (κ2) is 7.25. The number of carbonyl (C=O) groups excluding carboxylic acids is 1. The van der Waals surface area contributed by atoms with Gasteiger partial charge in [-0.15, -0.1) is 0 Å². The molecule has 0 aromatic carbocycles. The standard InChI is InChI=1S/C19H27N5O2/c1-15-9-18(21(2)20-15)14-22-11-16(10-19(25)24-7-4-8-26-24)12-23-6-3-5-17(23)13-22/h3,5-6,9,16H,4,7-8,10-14H2,1-2H3/t16-/m1/s1. The fraction of sp³-hybridized carbons (Fsp3) is 0.579. The Morgan fingerprint density at radius 3 is 3.00 bits per heavy atom. The summed E-state index contributed by atoms with van der Waals surface area (Å²) in [5.74, 6) is 0.383. The molecular formula is C19H27N5O2. The molecule has 2 aliphatic rings. The summed E-state index contributed by atoms with van der Waals surface area (Å²) in [4.78, 5) is 20.4. The highest BCUT2D eigenvalue weighted by molar-refractivity contribution is 5.75. The highest BCUT2D eigenvalue weighted by Crippen LogP contribution is 2.22.